The Kier molecular flexibility index (Phi) is 5.76. The number of hydrogen-bond acceptors (Lipinski definition) is 7. The number of phenols is 1. The molecule has 9 heteroatoms. The fourth-order valence-corrected chi connectivity index (χ4v) is 6.57. The highest BCUT2D eigenvalue weighted by molar-refractivity contribution is 6.22. The average molecular weight is 539 g/mol. The molecule has 3 atom stereocenters. The number of allylic oxidation sites excluding steroid dienone is 3. The van der Waals surface area contributed by atoms with Gasteiger partial charge in [-0.25, -0.2) is 0 Å². The third kappa shape index (κ3) is 3.85. The van der Waals surface area contributed by atoms with Crippen LogP contribution in [0.2, 0.25) is 0 Å². The molecule has 0 fully saturated rings. The van der Waals surface area contributed by atoms with Gasteiger partial charge in [0.2, 0.25) is 5.91 Å². The van der Waals surface area contributed by atoms with Gasteiger partial charge in [0.1, 0.15) is 22.8 Å². The molecule has 3 unspecified atom stereocenters. The van der Waals surface area contributed by atoms with Gasteiger partial charge in [-0.1, -0.05) is 30.3 Å². The van der Waals surface area contributed by atoms with Gasteiger partial charge in [0.25, 0.3) is 5.91 Å². The van der Waals surface area contributed by atoms with E-state index in [4.69, 9.17) is 5.73 Å². The lowest BCUT2D eigenvalue weighted by Gasteiger charge is -2.40. The number of carbonyl (C=O) groups is 4. The largest absolute Gasteiger partial charge is 0.511 e. The summed E-state index contributed by atoms with van der Waals surface area (Å²) in [6.07, 6.45) is 0.701. The van der Waals surface area contributed by atoms with E-state index >= 15 is 0 Å². The topological polar surface area (TPSA) is 167 Å². The molecule has 0 aliphatic heterocycles. The van der Waals surface area contributed by atoms with E-state index in [0.29, 0.717) is 29.5 Å². The number of ketones is 2. The molecular weight excluding hydrogens is 512 g/mol. The highest BCUT2D eigenvalue weighted by atomic mass is 16.3. The van der Waals surface area contributed by atoms with E-state index in [2.05, 4.69) is 5.32 Å². The molecule has 0 radical (unpaired) electrons. The molecular formula is C31H26N2O7. The maximum Gasteiger partial charge on any atom is 0.255 e. The van der Waals surface area contributed by atoms with Crippen LogP contribution in [0.25, 0.3) is 21.9 Å². The van der Waals surface area contributed by atoms with Gasteiger partial charge in [-0.15, -0.1) is 0 Å². The van der Waals surface area contributed by atoms with E-state index in [1.807, 2.05) is 30.3 Å². The Morgan fingerprint density at radius 2 is 1.73 bits per heavy atom. The lowest BCUT2D eigenvalue weighted by molar-refractivity contribution is -0.126. The van der Waals surface area contributed by atoms with Gasteiger partial charge < -0.3 is 26.4 Å². The number of aliphatic hydroxyl groups excluding tert-OH is 2. The van der Waals surface area contributed by atoms with E-state index in [-0.39, 0.29) is 35.0 Å². The second-order valence-corrected chi connectivity index (χ2v) is 10.7. The quantitative estimate of drug-likeness (QED) is 0.311. The molecule has 6 rings (SSSR count). The molecule has 0 heterocycles. The Morgan fingerprint density at radius 3 is 2.45 bits per heavy atom. The van der Waals surface area contributed by atoms with Gasteiger partial charge in [0.05, 0.1) is 11.5 Å². The van der Waals surface area contributed by atoms with E-state index in [1.165, 1.54) is 6.92 Å². The summed E-state index contributed by atoms with van der Waals surface area (Å²) in [6, 6.07) is 14.6. The Morgan fingerprint density at radius 1 is 0.975 bits per heavy atom. The Bertz CT molecular complexity index is 1750. The lowest BCUT2D eigenvalue weighted by atomic mass is 9.62. The van der Waals surface area contributed by atoms with Crippen LogP contribution < -0.4 is 11.1 Å². The van der Waals surface area contributed by atoms with Crippen molar-refractivity contribution in [2.24, 2.45) is 23.5 Å². The van der Waals surface area contributed by atoms with Gasteiger partial charge >= 0.3 is 0 Å². The number of hydrogen-bond donors (Lipinski definition) is 5. The van der Waals surface area contributed by atoms with E-state index in [0.717, 1.165) is 16.5 Å². The first-order valence-electron chi connectivity index (χ1n) is 13.0. The smallest absolute Gasteiger partial charge is 0.255 e. The first-order chi connectivity index (χ1) is 19.0. The first-order valence-corrected chi connectivity index (χ1v) is 13.0. The maximum atomic E-state index is 13.8. The molecule has 3 aromatic rings. The van der Waals surface area contributed by atoms with E-state index < -0.39 is 46.6 Å². The number of amides is 2. The Labute approximate surface area is 228 Å². The van der Waals surface area contributed by atoms with E-state index in [9.17, 15) is 34.5 Å². The van der Waals surface area contributed by atoms with Crippen LogP contribution in [0.4, 0.5) is 5.69 Å². The van der Waals surface area contributed by atoms with Crippen LogP contribution >= 0.6 is 0 Å². The lowest BCUT2D eigenvalue weighted by Crippen LogP contribution is -2.43. The van der Waals surface area contributed by atoms with Crippen molar-refractivity contribution in [1.82, 2.24) is 0 Å². The number of benzene rings is 3. The third-order valence-electron chi connectivity index (χ3n) is 8.21. The number of Topliss-reactive ketones (excluding diaryl/α,β-unsaturated/α-hetero) is 2. The normalized spacial score (nSPS) is 22.1. The summed E-state index contributed by atoms with van der Waals surface area (Å²) < 4.78 is 0. The molecule has 40 heavy (non-hydrogen) atoms. The van der Waals surface area contributed by atoms with Crippen molar-refractivity contribution in [3.05, 3.63) is 82.3 Å². The first kappa shape index (κ1) is 25.4. The summed E-state index contributed by atoms with van der Waals surface area (Å²) in [4.78, 5) is 50.1. The highest BCUT2D eigenvalue weighted by Crippen LogP contribution is 2.50. The Hall–Kier alpha value is -4.92. The summed E-state index contributed by atoms with van der Waals surface area (Å²) in [5.41, 5.74) is 7.71. The number of primary amides is 1. The van der Waals surface area contributed by atoms with Crippen molar-refractivity contribution in [2.75, 3.05) is 5.32 Å². The van der Waals surface area contributed by atoms with Crippen LogP contribution in [0.3, 0.4) is 0 Å². The molecule has 0 spiro atoms. The van der Waals surface area contributed by atoms with Crippen molar-refractivity contribution >= 4 is 39.8 Å². The standard InChI is InChI=1S/C31H26N2O7/c1-13(34)33-20-4-2-3-14(10-20)15-5-6-16-7-17-8-18-9-19-12-22(35)26(31(32)40)30(39)25(19)29(38)24(18)28(37)23(17)27(36)21(16)11-15/h2-7,10-11,18-19,25,35-36,38H,8-9,12H2,1H3,(H2,32,40)(H,33,34). The minimum Gasteiger partial charge on any atom is -0.511 e. The second-order valence-electron chi connectivity index (χ2n) is 10.7. The monoisotopic (exact) mass is 538 g/mol. The number of rotatable bonds is 3. The molecule has 0 bridgehead atoms. The zero-order valence-electron chi connectivity index (χ0n) is 21.5. The molecule has 3 aliphatic rings. The van der Waals surface area contributed by atoms with Crippen LogP contribution in [0.5, 0.6) is 5.75 Å². The van der Waals surface area contributed by atoms with Crippen molar-refractivity contribution in [1.29, 1.82) is 0 Å². The van der Waals surface area contributed by atoms with Crippen molar-refractivity contribution in [2.45, 2.75) is 26.2 Å². The number of aromatic hydroxyl groups is 1. The zero-order valence-corrected chi connectivity index (χ0v) is 21.5. The number of phenolic OH excluding ortho intramolecular Hbond substituents is 1. The number of anilines is 1. The predicted molar refractivity (Wildman–Crippen MR) is 147 cm³/mol. The molecule has 0 saturated heterocycles. The van der Waals surface area contributed by atoms with Gasteiger partial charge in [0, 0.05) is 30.0 Å². The SMILES string of the molecule is CC(=O)Nc1cccc(-c2ccc3cc4c(c(O)c3c2)C(=O)C2=C(O)C3C(=O)C(C(N)=O)=C(O)CC3CC2C4)c1. The number of nitrogens with one attached hydrogen (secondary N) is 1. The van der Waals surface area contributed by atoms with Crippen LogP contribution in [0, 0.1) is 17.8 Å². The second kappa shape index (κ2) is 9.08. The minimum atomic E-state index is -1.15. The summed E-state index contributed by atoms with van der Waals surface area (Å²) in [7, 11) is 0. The summed E-state index contributed by atoms with van der Waals surface area (Å²) in [5.74, 6) is -5.71. The van der Waals surface area contributed by atoms with Gasteiger partial charge in [-0.3, -0.25) is 19.2 Å². The summed E-state index contributed by atoms with van der Waals surface area (Å²) in [6.45, 7) is 1.42. The summed E-state index contributed by atoms with van der Waals surface area (Å²) in [5, 5.41) is 36.8. The maximum absolute atomic E-state index is 13.8. The molecule has 202 valence electrons. The van der Waals surface area contributed by atoms with Crippen molar-refractivity contribution in [3.8, 4) is 16.9 Å². The highest BCUT2D eigenvalue weighted by Gasteiger charge is 2.50. The van der Waals surface area contributed by atoms with Crippen LogP contribution in [-0.4, -0.2) is 38.7 Å². The molecule has 3 aliphatic carbocycles. The third-order valence-corrected chi connectivity index (χ3v) is 8.21. The molecule has 0 aromatic heterocycles. The summed E-state index contributed by atoms with van der Waals surface area (Å²) >= 11 is 0. The van der Waals surface area contributed by atoms with Crippen LogP contribution in [0.15, 0.2) is 71.2 Å². The van der Waals surface area contributed by atoms with Crippen LogP contribution in [-0.2, 0) is 20.8 Å². The fraction of sp³-hybridized carbons (Fsp3) is 0.226. The molecule has 3 aromatic carbocycles. The number of nitrogens with two attached hydrogens (primary N) is 1. The predicted octanol–water partition coefficient (Wildman–Crippen LogP) is 4.24. The van der Waals surface area contributed by atoms with Gasteiger partial charge in [-0.05, 0) is 65.0 Å². The van der Waals surface area contributed by atoms with E-state index in [1.54, 1.807) is 18.2 Å². The van der Waals surface area contributed by atoms with Crippen molar-refractivity contribution in [3.63, 3.8) is 0 Å². The van der Waals surface area contributed by atoms with Crippen LogP contribution in [0.1, 0.15) is 35.7 Å². The fourth-order valence-electron chi connectivity index (χ4n) is 6.57. The number of carbonyl (C=O) groups excluding carboxylic acids is 4. The molecule has 2 amide bonds. The number of aliphatic hydroxyl groups is 2. The van der Waals surface area contributed by atoms with Crippen molar-refractivity contribution < 1.29 is 34.5 Å². The van der Waals surface area contributed by atoms with Gasteiger partial charge in [-0.2, -0.15) is 0 Å². The molecule has 0 saturated carbocycles. The molecule has 9 nitrogen and oxygen atoms in total. The number of fused-ring (bicyclic) bond motifs is 4. The minimum absolute atomic E-state index is 0.00154. The van der Waals surface area contributed by atoms with Gasteiger partial charge in [0.15, 0.2) is 11.6 Å². The Balaban J connectivity index is 1.44. The molecule has 6 N–H and O–H groups in total. The average Bonchev–Trinajstić information content (AvgIpc) is 2.87. The zero-order chi connectivity index (χ0) is 28.5.